The quantitative estimate of drug-likeness (QED) is 0.736. The molecular weight excluding hydrogens is 312 g/mol. The molecule has 1 saturated heterocycles. The lowest BCUT2D eigenvalue weighted by molar-refractivity contribution is 0.0749. The van der Waals surface area contributed by atoms with Gasteiger partial charge in [-0.1, -0.05) is 12.1 Å². The predicted molar refractivity (Wildman–Crippen MR) is 89.0 cm³/mol. The highest BCUT2D eigenvalue weighted by Gasteiger charge is 2.20. The van der Waals surface area contributed by atoms with E-state index in [1.807, 2.05) is 36.2 Å². The summed E-state index contributed by atoms with van der Waals surface area (Å²) in [6.45, 7) is 0.641. The van der Waals surface area contributed by atoms with Crippen molar-refractivity contribution in [1.82, 2.24) is 10.2 Å². The number of amides is 1. The number of rotatable bonds is 8. The number of nitrogens with one attached hydrogen (secondary N) is 1. The van der Waals surface area contributed by atoms with Gasteiger partial charge >= 0.3 is 6.09 Å². The highest BCUT2D eigenvalue weighted by Crippen LogP contribution is 2.12. The number of alkyl carbamates (subject to hydrolysis) is 1. The van der Waals surface area contributed by atoms with Crippen LogP contribution >= 0.6 is 0 Å². The standard InChI is InChI=1S/C17H26N2O5/c1-19(10-13-3-5-15(22-2)6-4-13)11-14(20)9-18-17(21)24-16-7-8-23-12-16/h3-6,14,16,20H,7-12H2,1-2H3,(H,18,21)/t14?,16-/m0/s1/i9D/t9?,14?,16-. The Bertz CT molecular complexity index is 536. The predicted octanol–water partition coefficient (Wildman–Crippen LogP) is 1.00. The van der Waals surface area contributed by atoms with Crippen LogP contribution in [0.5, 0.6) is 5.75 Å². The van der Waals surface area contributed by atoms with Gasteiger partial charge in [0.1, 0.15) is 11.9 Å². The lowest BCUT2D eigenvalue weighted by Crippen LogP contribution is -2.39. The van der Waals surface area contributed by atoms with Crippen LogP contribution in [0, 0.1) is 0 Å². The van der Waals surface area contributed by atoms with Crippen LogP contribution in [-0.2, 0) is 16.0 Å². The van der Waals surface area contributed by atoms with Crippen molar-refractivity contribution in [2.75, 3.05) is 40.4 Å². The first-order valence-corrected chi connectivity index (χ1v) is 7.94. The Hall–Kier alpha value is -1.83. The number of aliphatic hydroxyl groups excluding tert-OH is 1. The average Bonchev–Trinajstić information content (AvgIpc) is 3.08. The van der Waals surface area contributed by atoms with Crippen molar-refractivity contribution in [2.45, 2.75) is 25.2 Å². The molecule has 7 heteroatoms. The van der Waals surface area contributed by atoms with Crippen molar-refractivity contribution < 1.29 is 25.5 Å². The monoisotopic (exact) mass is 339 g/mol. The summed E-state index contributed by atoms with van der Waals surface area (Å²) in [5.41, 5.74) is 1.06. The minimum Gasteiger partial charge on any atom is -0.497 e. The smallest absolute Gasteiger partial charge is 0.407 e. The van der Waals surface area contributed by atoms with E-state index >= 15 is 0 Å². The highest BCUT2D eigenvalue weighted by molar-refractivity contribution is 5.67. The van der Waals surface area contributed by atoms with Crippen molar-refractivity contribution in [3.8, 4) is 5.75 Å². The van der Waals surface area contributed by atoms with Crippen molar-refractivity contribution in [3.63, 3.8) is 0 Å². The second kappa shape index (κ2) is 9.46. The molecule has 0 bridgehead atoms. The number of carbonyl (C=O) groups excluding carboxylic acids is 1. The van der Waals surface area contributed by atoms with Gasteiger partial charge in [-0.3, -0.25) is 4.90 Å². The molecule has 1 aliphatic heterocycles. The first kappa shape index (κ1) is 17.0. The SMILES string of the molecule is [2H]C(NC(=O)O[C@H]1CCOC1)C(O)CN(C)Cc1ccc(OC)cc1. The van der Waals surface area contributed by atoms with E-state index in [2.05, 4.69) is 5.32 Å². The van der Waals surface area contributed by atoms with Crippen molar-refractivity contribution >= 4 is 6.09 Å². The van der Waals surface area contributed by atoms with Crippen LogP contribution < -0.4 is 10.1 Å². The van der Waals surface area contributed by atoms with E-state index in [9.17, 15) is 9.90 Å². The van der Waals surface area contributed by atoms with Crippen molar-refractivity contribution in [1.29, 1.82) is 0 Å². The first-order valence-electron chi connectivity index (χ1n) is 8.52. The summed E-state index contributed by atoms with van der Waals surface area (Å²) in [6, 6.07) is 7.63. The van der Waals surface area contributed by atoms with E-state index in [-0.39, 0.29) is 12.6 Å². The molecule has 0 aromatic heterocycles. The molecule has 2 rings (SSSR count). The maximum Gasteiger partial charge on any atom is 0.407 e. The number of hydrogen-bond acceptors (Lipinski definition) is 6. The van der Waals surface area contributed by atoms with Gasteiger partial charge in [0.05, 0.1) is 27.8 Å². The molecule has 0 radical (unpaired) electrons. The van der Waals surface area contributed by atoms with Gasteiger partial charge in [0.2, 0.25) is 0 Å². The van der Waals surface area contributed by atoms with E-state index in [1.165, 1.54) is 0 Å². The van der Waals surface area contributed by atoms with Gasteiger partial charge in [0, 0.05) is 26.0 Å². The van der Waals surface area contributed by atoms with Crippen LogP contribution in [0.4, 0.5) is 4.79 Å². The molecule has 7 nitrogen and oxygen atoms in total. The number of benzene rings is 1. The Balaban J connectivity index is 1.72. The molecule has 134 valence electrons. The maximum absolute atomic E-state index is 11.7. The molecule has 24 heavy (non-hydrogen) atoms. The molecular formula is C17H26N2O5. The molecule has 2 unspecified atom stereocenters. The molecule has 0 saturated carbocycles. The average molecular weight is 339 g/mol. The van der Waals surface area contributed by atoms with Gasteiger partial charge in [-0.15, -0.1) is 0 Å². The summed E-state index contributed by atoms with van der Waals surface area (Å²) in [4.78, 5) is 13.6. The first-order chi connectivity index (χ1) is 12.0. The fourth-order valence-electron chi connectivity index (χ4n) is 2.43. The van der Waals surface area contributed by atoms with E-state index in [0.717, 1.165) is 11.3 Å². The van der Waals surface area contributed by atoms with Crippen molar-refractivity contribution in [3.05, 3.63) is 29.8 Å². The fraction of sp³-hybridized carbons (Fsp3) is 0.588. The second-order valence-electron chi connectivity index (χ2n) is 5.81. The number of aliphatic hydroxyl groups is 1. The zero-order valence-corrected chi connectivity index (χ0v) is 14.1. The van der Waals surface area contributed by atoms with Crippen LogP contribution in [0.1, 0.15) is 13.4 Å². The molecule has 1 aromatic carbocycles. The van der Waals surface area contributed by atoms with Gasteiger partial charge in [-0.25, -0.2) is 4.79 Å². The second-order valence-corrected chi connectivity index (χ2v) is 5.81. The Morgan fingerprint density at radius 3 is 2.92 bits per heavy atom. The van der Waals surface area contributed by atoms with Gasteiger partial charge < -0.3 is 24.6 Å². The molecule has 0 spiro atoms. The Kier molecular flexibility index (Phi) is 6.71. The number of carbonyl (C=O) groups is 1. The summed E-state index contributed by atoms with van der Waals surface area (Å²) in [5, 5.41) is 12.5. The molecule has 1 aliphatic rings. The summed E-state index contributed by atoms with van der Waals surface area (Å²) in [5.74, 6) is 0.785. The maximum atomic E-state index is 11.7. The highest BCUT2D eigenvalue weighted by atomic mass is 16.6. The topological polar surface area (TPSA) is 80.3 Å². The third-order valence-corrected chi connectivity index (χ3v) is 3.67. The van der Waals surface area contributed by atoms with Gasteiger partial charge in [-0.2, -0.15) is 0 Å². The number of methoxy groups -OCH3 is 1. The van der Waals surface area contributed by atoms with Gasteiger partial charge in [0.25, 0.3) is 0 Å². The van der Waals surface area contributed by atoms with E-state index in [0.29, 0.717) is 26.2 Å². The van der Waals surface area contributed by atoms with Crippen LogP contribution in [0.3, 0.4) is 0 Å². The van der Waals surface area contributed by atoms with Gasteiger partial charge in [-0.05, 0) is 24.7 Å². The summed E-state index contributed by atoms with van der Waals surface area (Å²) in [6.07, 6.45) is -1.35. The zero-order chi connectivity index (χ0) is 18.2. The number of nitrogens with zero attached hydrogens (tertiary/aromatic N) is 1. The molecule has 3 atom stereocenters. The summed E-state index contributed by atoms with van der Waals surface area (Å²) in [7, 11) is 3.46. The molecule has 1 heterocycles. The Morgan fingerprint density at radius 2 is 2.29 bits per heavy atom. The largest absolute Gasteiger partial charge is 0.497 e. The number of hydrogen-bond donors (Lipinski definition) is 2. The van der Waals surface area contributed by atoms with E-state index < -0.39 is 18.7 Å². The van der Waals surface area contributed by atoms with Crippen LogP contribution in [0.2, 0.25) is 0 Å². The lowest BCUT2D eigenvalue weighted by Gasteiger charge is -2.21. The summed E-state index contributed by atoms with van der Waals surface area (Å²) < 4.78 is 23.2. The zero-order valence-electron chi connectivity index (χ0n) is 15.1. The molecule has 1 amide bonds. The summed E-state index contributed by atoms with van der Waals surface area (Å²) >= 11 is 0. The molecule has 0 aliphatic carbocycles. The molecule has 1 aromatic rings. The molecule has 2 N–H and O–H groups in total. The number of ether oxygens (including phenoxy) is 3. The fourth-order valence-corrected chi connectivity index (χ4v) is 2.43. The minimum absolute atomic E-state index is 0.243. The van der Waals surface area contributed by atoms with E-state index in [1.54, 1.807) is 7.11 Å². The lowest BCUT2D eigenvalue weighted by atomic mass is 10.2. The van der Waals surface area contributed by atoms with Crippen LogP contribution in [-0.4, -0.2) is 68.7 Å². The number of likely N-dealkylation sites (N-methyl/N-ethyl adjacent to an activating group) is 1. The van der Waals surface area contributed by atoms with Gasteiger partial charge in [0.15, 0.2) is 0 Å². The third-order valence-electron chi connectivity index (χ3n) is 3.67. The van der Waals surface area contributed by atoms with Crippen LogP contribution in [0.25, 0.3) is 0 Å². The van der Waals surface area contributed by atoms with E-state index in [4.69, 9.17) is 15.6 Å². The third kappa shape index (κ3) is 6.35. The normalized spacial score (nSPS) is 20.3. The van der Waals surface area contributed by atoms with Crippen LogP contribution in [0.15, 0.2) is 24.3 Å². The van der Waals surface area contributed by atoms with Crippen molar-refractivity contribution in [2.24, 2.45) is 0 Å². The Morgan fingerprint density at radius 1 is 1.54 bits per heavy atom. The molecule has 1 fully saturated rings. The Labute approximate surface area is 143 Å². The minimum atomic E-state index is -1.16.